The summed E-state index contributed by atoms with van der Waals surface area (Å²) in [4.78, 5) is 20.3. The molecule has 4 aromatic rings. The fourth-order valence-electron chi connectivity index (χ4n) is 4.31. The highest BCUT2D eigenvalue weighted by Crippen LogP contribution is 2.42. The molecule has 0 bridgehead atoms. The number of anilines is 1. The third-order valence-electron chi connectivity index (χ3n) is 5.76. The molecule has 5 rings (SSSR count). The zero-order valence-corrected chi connectivity index (χ0v) is 18.3. The number of hydrogen-bond acceptors (Lipinski definition) is 7. The van der Waals surface area contributed by atoms with Gasteiger partial charge in [0.2, 0.25) is 0 Å². The number of fused-ring (bicyclic) bond motifs is 2. The van der Waals surface area contributed by atoms with E-state index in [1.54, 1.807) is 27.9 Å². The number of methoxy groups -OCH3 is 1. The van der Waals surface area contributed by atoms with Crippen molar-refractivity contribution >= 4 is 38.7 Å². The molecule has 1 fully saturated rings. The van der Waals surface area contributed by atoms with E-state index in [2.05, 4.69) is 22.2 Å². The average molecular weight is 437 g/mol. The molecule has 8 nitrogen and oxygen atoms in total. The van der Waals surface area contributed by atoms with Crippen LogP contribution in [0.15, 0.2) is 30.6 Å². The van der Waals surface area contributed by atoms with Gasteiger partial charge in [-0.3, -0.25) is 4.79 Å². The van der Waals surface area contributed by atoms with E-state index in [4.69, 9.17) is 16.2 Å². The molecule has 4 heterocycles. The van der Waals surface area contributed by atoms with Gasteiger partial charge in [-0.05, 0) is 48.9 Å². The molecule has 1 aromatic carbocycles. The maximum absolute atomic E-state index is 13.4. The maximum atomic E-state index is 13.4. The van der Waals surface area contributed by atoms with Gasteiger partial charge in [-0.1, -0.05) is 6.07 Å². The van der Waals surface area contributed by atoms with Crippen LogP contribution in [0.25, 0.3) is 26.0 Å². The van der Waals surface area contributed by atoms with Crippen molar-refractivity contribution < 1.29 is 9.53 Å². The second-order valence-electron chi connectivity index (χ2n) is 8.00. The van der Waals surface area contributed by atoms with E-state index in [1.807, 2.05) is 19.1 Å². The van der Waals surface area contributed by atoms with Crippen LogP contribution in [0.4, 0.5) is 5.82 Å². The van der Waals surface area contributed by atoms with Crippen molar-refractivity contribution in [1.82, 2.24) is 19.5 Å². The lowest BCUT2D eigenvalue weighted by Crippen LogP contribution is -2.46. The topological polar surface area (TPSA) is 112 Å². The van der Waals surface area contributed by atoms with Gasteiger partial charge in [-0.2, -0.15) is 5.10 Å². The number of carbonyl (C=O) groups is 1. The van der Waals surface area contributed by atoms with E-state index in [-0.39, 0.29) is 11.9 Å². The number of aryl methyl sites for hydroxylation is 1. The van der Waals surface area contributed by atoms with Crippen LogP contribution in [0.2, 0.25) is 0 Å². The highest BCUT2D eigenvalue weighted by molar-refractivity contribution is 7.22. The van der Waals surface area contributed by atoms with E-state index in [0.29, 0.717) is 30.1 Å². The molecule has 0 aliphatic carbocycles. The molecule has 1 aliphatic rings. The van der Waals surface area contributed by atoms with E-state index in [1.165, 1.54) is 6.33 Å². The predicted octanol–water partition coefficient (Wildman–Crippen LogP) is 3.07. The van der Waals surface area contributed by atoms with Crippen LogP contribution < -0.4 is 16.2 Å². The number of hydrogen-bond donors (Lipinski definition) is 2. The second kappa shape index (κ2) is 7.51. The number of benzene rings is 1. The minimum absolute atomic E-state index is 0.00129. The highest BCUT2D eigenvalue weighted by atomic mass is 32.1. The quantitative estimate of drug-likeness (QED) is 0.510. The first kappa shape index (κ1) is 19.8. The van der Waals surface area contributed by atoms with Gasteiger partial charge in [0.25, 0.3) is 5.91 Å². The van der Waals surface area contributed by atoms with Crippen molar-refractivity contribution in [2.45, 2.75) is 25.8 Å². The average Bonchev–Trinajstić information content (AvgIpc) is 3.35. The van der Waals surface area contributed by atoms with Crippen LogP contribution in [0.3, 0.4) is 0 Å². The van der Waals surface area contributed by atoms with Gasteiger partial charge in [0, 0.05) is 29.6 Å². The molecule has 1 aliphatic heterocycles. The first-order valence-corrected chi connectivity index (χ1v) is 11.0. The third-order valence-corrected chi connectivity index (χ3v) is 6.96. The zero-order valence-electron chi connectivity index (χ0n) is 17.5. The van der Waals surface area contributed by atoms with Crippen molar-refractivity contribution in [1.29, 1.82) is 0 Å². The standard InChI is InChI=1S/C22H24N6O2S/c1-12-6-13-8-18(31-20(13)17(7-12)30-2)15-9-16(28-19(15)21(24)25-11-26-28)22(29)27-5-3-4-14(23)10-27/h6-9,11,14H,3-5,10,23H2,1-2H3,(H2,24,25,26). The zero-order chi connectivity index (χ0) is 21.7. The van der Waals surface area contributed by atoms with Crippen molar-refractivity contribution in [2.24, 2.45) is 5.73 Å². The van der Waals surface area contributed by atoms with Gasteiger partial charge in [0.05, 0.1) is 11.8 Å². The van der Waals surface area contributed by atoms with E-state index >= 15 is 0 Å². The number of rotatable bonds is 3. The molecule has 3 aromatic heterocycles. The van der Waals surface area contributed by atoms with Crippen LogP contribution in [0.5, 0.6) is 5.75 Å². The van der Waals surface area contributed by atoms with Gasteiger partial charge < -0.3 is 21.1 Å². The smallest absolute Gasteiger partial charge is 0.272 e. The summed E-state index contributed by atoms with van der Waals surface area (Å²) in [5.41, 5.74) is 15.4. The van der Waals surface area contributed by atoms with E-state index in [9.17, 15) is 4.79 Å². The molecule has 1 saturated heterocycles. The Bertz CT molecular complexity index is 1310. The molecule has 31 heavy (non-hydrogen) atoms. The summed E-state index contributed by atoms with van der Waals surface area (Å²) in [6.07, 6.45) is 3.21. The molecule has 1 unspecified atom stereocenters. The first-order chi connectivity index (χ1) is 15.0. The Balaban J connectivity index is 1.68. The Morgan fingerprint density at radius 1 is 1.29 bits per heavy atom. The number of thiophene rings is 1. The van der Waals surface area contributed by atoms with Crippen LogP contribution in [-0.2, 0) is 0 Å². The number of nitrogens with zero attached hydrogens (tertiary/aromatic N) is 4. The summed E-state index contributed by atoms with van der Waals surface area (Å²) in [6, 6.07) is 8.11. The first-order valence-electron chi connectivity index (χ1n) is 10.2. The number of aromatic nitrogens is 3. The SMILES string of the molecule is COc1cc(C)cc2cc(-c3cc(C(=O)N4CCCC(N)C4)n4ncnc(N)c34)sc12. The number of amides is 1. The lowest BCUT2D eigenvalue weighted by molar-refractivity contribution is 0.0700. The molecule has 0 spiro atoms. The Hall–Kier alpha value is -3.17. The summed E-state index contributed by atoms with van der Waals surface area (Å²) in [5, 5.41) is 5.44. The molecular weight excluding hydrogens is 412 g/mol. The predicted molar refractivity (Wildman–Crippen MR) is 123 cm³/mol. The van der Waals surface area contributed by atoms with Crippen molar-refractivity contribution in [3.05, 3.63) is 41.9 Å². The van der Waals surface area contributed by atoms with Crippen LogP contribution >= 0.6 is 11.3 Å². The number of nitrogen functional groups attached to an aromatic ring is 1. The summed E-state index contributed by atoms with van der Waals surface area (Å²) < 4.78 is 8.24. The molecular formula is C22H24N6O2S. The number of ether oxygens (including phenoxy) is 1. The molecule has 4 N–H and O–H groups in total. The fraction of sp³-hybridized carbons (Fsp3) is 0.318. The highest BCUT2D eigenvalue weighted by Gasteiger charge is 2.27. The van der Waals surface area contributed by atoms with Gasteiger partial charge in [0.1, 0.15) is 23.3 Å². The number of nitrogens with two attached hydrogens (primary N) is 2. The van der Waals surface area contributed by atoms with Gasteiger partial charge in [-0.15, -0.1) is 11.3 Å². The molecule has 9 heteroatoms. The van der Waals surface area contributed by atoms with Crippen LogP contribution in [-0.4, -0.2) is 51.6 Å². The maximum Gasteiger partial charge on any atom is 0.272 e. The van der Waals surface area contributed by atoms with Gasteiger partial charge in [0.15, 0.2) is 5.82 Å². The largest absolute Gasteiger partial charge is 0.495 e. The Labute approximate surface area is 183 Å². The number of carbonyl (C=O) groups excluding carboxylic acids is 1. The van der Waals surface area contributed by atoms with Gasteiger partial charge >= 0.3 is 0 Å². The summed E-state index contributed by atoms with van der Waals surface area (Å²) in [5.74, 6) is 1.07. The van der Waals surface area contributed by atoms with Crippen molar-refractivity contribution in [2.75, 3.05) is 25.9 Å². The molecule has 1 amide bonds. The van der Waals surface area contributed by atoms with E-state index < -0.39 is 0 Å². The fourth-order valence-corrected chi connectivity index (χ4v) is 5.46. The van der Waals surface area contributed by atoms with Crippen molar-refractivity contribution in [3.8, 4) is 16.2 Å². The summed E-state index contributed by atoms with van der Waals surface area (Å²) in [6.45, 7) is 3.27. The summed E-state index contributed by atoms with van der Waals surface area (Å²) >= 11 is 1.60. The van der Waals surface area contributed by atoms with Gasteiger partial charge in [-0.25, -0.2) is 9.50 Å². The molecule has 0 saturated carbocycles. The monoisotopic (exact) mass is 436 g/mol. The Morgan fingerprint density at radius 2 is 2.13 bits per heavy atom. The van der Waals surface area contributed by atoms with E-state index in [0.717, 1.165) is 44.7 Å². The van der Waals surface area contributed by atoms with Crippen LogP contribution in [0, 0.1) is 6.92 Å². The molecule has 0 radical (unpaired) electrons. The Morgan fingerprint density at radius 3 is 2.90 bits per heavy atom. The third kappa shape index (κ3) is 3.30. The lowest BCUT2D eigenvalue weighted by atomic mass is 10.1. The molecule has 1 atom stereocenters. The van der Waals surface area contributed by atoms with Crippen molar-refractivity contribution in [3.63, 3.8) is 0 Å². The summed E-state index contributed by atoms with van der Waals surface area (Å²) in [7, 11) is 1.67. The number of likely N-dealkylation sites (tertiary alicyclic amines) is 1. The second-order valence-corrected chi connectivity index (χ2v) is 9.05. The number of piperidine rings is 1. The Kier molecular flexibility index (Phi) is 4.79. The van der Waals surface area contributed by atoms with Crippen LogP contribution in [0.1, 0.15) is 28.9 Å². The minimum atomic E-state index is -0.0935. The minimum Gasteiger partial charge on any atom is -0.495 e. The molecule has 160 valence electrons. The normalized spacial score (nSPS) is 16.9. The lowest BCUT2D eigenvalue weighted by Gasteiger charge is -2.30.